The molecule has 9 nitrogen and oxygen atoms in total. The Morgan fingerprint density at radius 2 is 2.07 bits per heavy atom. The van der Waals surface area contributed by atoms with Gasteiger partial charge in [0.2, 0.25) is 6.79 Å². The number of aromatic nitrogens is 3. The van der Waals surface area contributed by atoms with Gasteiger partial charge in [-0.3, -0.25) is 9.98 Å². The van der Waals surface area contributed by atoms with E-state index in [0.29, 0.717) is 36.9 Å². The minimum Gasteiger partial charge on any atom is -0.454 e. The predicted molar refractivity (Wildman–Crippen MR) is 122 cm³/mol. The van der Waals surface area contributed by atoms with E-state index in [-0.39, 0.29) is 30.8 Å². The van der Waals surface area contributed by atoms with Crippen molar-refractivity contribution in [2.75, 3.05) is 27.4 Å². The summed E-state index contributed by atoms with van der Waals surface area (Å²) in [6, 6.07) is 11.5. The molecule has 1 aliphatic heterocycles. The van der Waals surface area contributed by atoms with E-state index in [9.17, 15) is 0 Å². The van der Waals surface area contributed by atoms with Crippen LogP contribution < -0.4 is 14.8 Å². The van der Waals surface area contributed by atoms with Crippen molar-refractivity contribution in [1.82, 2.24) is 25.3 Å². The summed E-state index contributed by atoms with van der Waals surface area (Å²) < 4.78 is 16.1. The van der Waals surface area contributed by atoms with E-state index in [0.717, 1.165) is 23.0 Å². The van der Waals surface area contributed by atoms with Gasteiger partial charge in [0.1, 0.15) is 5.69 Å². The van der Waals surface area contributed by atoms with Crippen LogP contribution in [0.1, 0.15) is 11.4 Å². The molecule has 158 valence electrons. The highest BCUT2D eigenvalue weighted by molar-refractivity contribution is 14.0. The van der Waals surface area contributed by atoms with Gasteiger partial charge in [-0.05, 0) is 29.8 Å². The Hall–Kier alpha value is -2.89. The number of rotatable bonds is 6. The molecule has 1 aromatic carbocycles. The van der Waals surface area contributed by atoms with E-state index >= 15 is 0 Å². The smallest absolute Gasteiger partial charge is 0.276 e. The highest BCUT2D eigenvalue weighted by Crippen LogP contribution is 2.32. The van der Waals surface area contributed by atoms with Crippen molar-refractivity contribution < 1.29 is 14.0 Å². The number of fused-ring (bicyclic) bond motifs is 1. The zero-order chi connectivity index (χ0) is 20.1. The Bertz CT molecular complexity index is 995. The van der Waals surface area contributed by atoms with Gasteiger partial charge in [-0.25, -0.2) is 0 Å². The number of aliphatic imine (C=N–C) groups is 1. The quantitative estimate of drug-likeness (QED) is 0.300. The molecule has 4 rings (SSSR count). The second-order valence-electron chi connectivity index (χ2n) is 6.50. The first-order valence-corrected chi connectivity index (χ1v) is 9.27. The Morgan fingerprint density at radius 1 is 1.20 bits per heavy atom. The molecule has 3 heterocycles. The number of hydrogen-bond donors (Lipinski definition) is 1. The molecule has 0 saturated carbocycles. The maximum absolute atomic E-state index is 5.44. The van der Waals surface area contributed by atoms with E-state index in [2.05, 4.69) is 25.4 Å². The van der Waals surface area contributed by atoms with Crippen molar-refractivity contribution in [3.8, 4) is 23.1 Å². The van der Waals surface area contributed by atoms with Crippen LogP contribution in [0.15, 0.2) is 52.1 Å². The highest BCUT2D eigenvalue weighted by Gasteiger charge is 2.15. The monoisotopic (exact) mass is 522 g/mol. The molecule has 2 aromatic heterocycles. The number of pyridine rings is 1. The van der Waals surface area contributed by atoms with Crippen molar-refractivity contribution in [2.24, 2.45) is 4.99 Å². The Balaban J connectivity index is 0.00000256. The minimum absolute atomic E-state index is 0. The summed E-state index contributed by atoms with van der Waals surface area (Å²) in [6.45, 7) is 1.58. The summed E-state index contributed by atoms with van der Waals surface area (Å²) in [4.78, 5) is 15.0. The number of ether oxygens (including phenoxy) is 2. The van der Waals surface area contributed by atoms with E-state index in [1.807, 2.05) is 48.3 Å². The largest absolute Gasteiger partial charge is 0.454 e. The van der Waals surface area contributed by atoms with Crippen LogP contribution in [0.5, 0.6) is 11.5 Å². The predicted octanol–water partition coefficient (Wildman–Crippen LogP) is 2.73. The molecule has 0 bridgehead atoms. The van der Waals surface area contributed by atoms with Gasteiger partial charge in [0.15, 0.2) is 23.3 Å². The summed E-state index contributed by atoms with van der Waals surface area (Å²) in [5, 5.41) is 7.34. The molecule has 1 N–H and O–H groups in total. The van der Waals surface area contributed by atoms with Gasteiger partial charge >= 0.3 is 0 Å². The molecular formula is C20H23IN6O3. The molecule has 0 amide bonds. The molecular weight excluding hydrogens is 499 g/mol. The number of hydrogen-bond acceptors (Lipinski definition) is 7. The second-order valence-corrected chi connectivity index (χ2v) is 6.50. The lowest BCUT2D eigenvalue weighted by molar-refractivity contribution is 0.174. The number of benzene rings is 1. The highest BCUT2D eigenvalue weighted by atomic mass is 127. The molecule has 0 unspecified atom stereocenters. The maximum Gasteiger partial charge on any atom is 0.276 e. The van der Waals surface area contributed by atoms with Crippen LogP contribution in [0.3, 0.4) is 0 Å². The Morgan fingerprint density at radius 3 is 2.87 bits per heavy atom. The topological polar surface area (TPSA) is 97.9 Å². The third-order valence-corrected chi connectivity index (χ3v) is 4.41. The average Bonchev–Trinajstić information content (AvgIpc) is 3.41. The van der Waals surface area contributed by atoms with E-state index in [1.165, 1.54) is 0 Å². The van der Waals surface area contributed by atoms with Crippen molar-refractivity contribution >= 4 is 29.9 Å². The minimum atomic E-state index is 0. The normalized spacial score (nSPS) is 12.4. The molecule has 0 spiro atoms. The van der Waals surface area contributed by atoms with E-state index in [4.69, 9.17) is 14.0 Å². The van der Waals surface area contributed by atoms with Crippen molar-refractivity contribution in [2.45, 2.75) is 13.0 Å². The third-order valence-electron chi connectivity index (χ3n) is 4.41. The van der Waals surface area contributed by atoms with E-state index < -0.39 is 0 Å². The number of nitrogens with zero attached hydrogens (tertiary/aromatic N) is 5. The fraction of sp³-hybridized carbons (Fsp3) is 0.300. The summed E-state index contributed by atoms with van der Waals surface area (Å²) in [6.07, 6.45) is 2.30. The average molecular weight is 522 g/mol. The molecule has 0 atom stereocenters. The number of nitrogens with one attached hydrogen (secondary N) is 1. The summed E-state index contributed by atoms with van der Waals surface area (Å²) >= 11 is 0. The van der Waals surface area contributed by atoms with Crippen LogP contribution in [0.2, 0.25) is 0 Å². The van der Waals surface area contributed by atoms with Gasteiger partial charge in [-0.15, -0.1) is 24.0 Å². The third kappa shape index (κ3) is 5.17. The van der Waals surface area contributed by atoms with E-state index in [1.54, 1.807) is 13.2 Å². The molecule has 3 aromatic rings. The lowest BCUT2D eigenvalue weighted by Crippen LogP contribution is -2.39. The molecule has 0 saturated heterocycles. The lowest BCUT2D eigenvalue weighted by Gasteiger charge is -2.22. The summed E-state index contributed by atoms with van der Waals surface area (Å²) in [5.74, 6) is 3.37. The number of halogens is 1. The van der Waals surface area contributed by atoms with Crippen molar-refractivity contribution in [1.29, 1.82) is 0 Å². The fourth-order valence-electron chi connectivity index (χ4n) is 3.01. The Labute approximate surface area is 191 Å². The van der Waals surface area contributed by atoms with Gasteiger partial charge in [0.25, 0.3) is 5.89 Å². The Kier molecular flexibility index (Phi) is 7.44. The van der Waals surface area contributed by atoms with Crippen LogP contribution in [0.4, 0.5) is 0 Å². The number of guanidine groups is 1. The molecule has 1 aliphatic rings. The van der Waals surface area contributed by atoms with Crippen LogP contribution in [0.25, 0.3) is 11.6 Å². The zero-order valence-electron chi connectivity index (χ0n) is 16.7. The van der Waals surface area contributed by atoms with Gasteiger partial charge in [0, 0.05) is 39.8 Å². The first-order chi connectivity index (χ1) is 14.2. The SMILES string of the molecule is CN=C(NCCc1noc(-c2ccccn2)n1)N(C)Cc1ccc2c(c1)OCO2.I. The fourth-order valence-corrected chi connectivity index (χ4v) is 3.01. The molecule has 0 aliphatic carbocycles. The van der Waals surface area contributed by atoms with Gasteiger partial charge in [-0.1, -0.05) is 17.3 Å². The molecule has 10 heteroatoms. The van der Waals surface area contributed by atoms with Crippen molar-refractivity contribution in [3.63, 3.8) is 0 Å². The van der Waals surface area contributed by atoms with Crippen LogP contribution in [-0.4, -0.2) is 53.4 Å². The zero-order valence-corrected chi connectivity index (χ0v) is 19.1. The second kappa shape index (κ2) is 10.2. The van der Waals surface area contributed by atoms with Gasteiger partial charge in [0.05, 0.1) is 0 Å². The molecule has 30 heavy (non-hydrogen) atoms. The van der Waals surface area contributed by atoms with Crippen molar-refractivity contribution in [3.05, 3.63) is 54.0 Å². The first kappa shape index (κ1) is 21.8. The summed E-state index contributed by atoms with van der Waals surface area (Å²) in [5.41, 5.74) is 1.77. The van der Waals surface area contributed by atoms with Gasteiger partial charge < -0.3 is 24.2 Å². The molecule has 0 fully saturated rings. The molecule has 0 radical (unpaired) electrons. The van der Waals surface area contributed by atoms with Crippen LogP contribution >= 0.6 is 24.0 Å². The van der Waals surface area contributed by atoms with Gasteiger partial charge in [-0.2, -0.15) is 4.98 Å². The summed E-state index contributed by atoms with van der Waals surface area (Å²) in [7, 11) is 3.74. The standard InChI is InChI=1S/C20H22N6O3.HI/c1-21-20(26(2)12-14-6-7-16-17(11-14)28-13-27-16)23-10-8-18-24-19(29-25-18)15-5-3-4-9-22-15;/h3-7,9,11H,8,10,12-13H2,1-2H3,(H,21,23);1H. The maximum atomic E-state index is 5.44. The lowest BCUT2D eigenvalue weighted by atomic mass is 10.2. The van der Waals surface area contributed by atoms with Crippen LogP contribution in [-0.2, 0) is 13.0 Å². The first-order valence-electron chi connectivity index (χ1n) is 9.27. The van der Waals surface area contributed by atoms with Crippen LogP contribution in [0, 0.1) is 0 Å².